The standard InChI is InChI=1S/C27H26N4O5S2/c1-17(2)24(27(33)36-3)31(38(34)35)22-10-6-19(7-11-22)18-4-8-21(9-5-18)29-25(32)23-16-37-26(30-23)20-12-14-28-15-13-20/h4-17,24H,1-3H3,(H,29,32)(H,34,35)/p-1. The van der Waals surface area contributed by atoms with Gasteiger partial charge in [-0.15, -0.1) is 11.3 Å². The third kappa shape index (κ3) is 6.13. The Morgan fingerprint density at radius 2 is 1.58 bits per heavy atom. The first-order valence-corrected chi connectivity index (χ1v) is 13.5. The van der Waals surface area contributed by atoms with E-state index in [1.165, 1.54) is 18.4 Å². The highest BCUT2D eigenvalue weighted by atomic mass is 32.2. The van der Waals surface area contributed by atoms with Gasteiger partial charge in [0.25, 0.3) is 5.91 Å². The summed E-state index contributed by atoms with van der Waals surface area (Å²) in [7, 11) is 1.23. The molecule has 0 saturated carbocycles. The lowest BCUT2D eigenvalue weighted by Crippen LogP contribution is -2.46. The van der Waals surface area contributed by atoms with Gasteiger partial charge in [0.05, 0.1) is 7.11 Å². The minimum atomic E-state index is -2.68. The Balaban J connectivity index is 1.46. The van der Waals surface area contributed by atoms with Gasteiger partial charge in [0.15, 0.2) is 0 Å². The molecule has 2 atom stereocenters. The van der Waals surface area contributed by atoms with Gasteiger partial charge in [0.2, 0.25) is 0 Å². The average molecular weight is 550 g/mol. The number of methoxy groups -OCH3 is 1. The van der Waals surface area contributed by atoms with Gasteiger partial charge >= 0.3 is 5.97 Å². The number of ether oxygens (including phenoxy) is 1. The fourth-order valence-corrected chi connectivity index (χ4v) is 5.46. The molecule has 2 aromatic heterocycles. The SMILES string of the molecule is COC(=O)C(C(C)C)N(c1ccc(-c2ccc(NC(=O)c3csc(-c4ccncc4)n3)cc2)cc1)S(=O)[O-]. The molecule has 38 heavy (non-hydrogen) atoms. The van der Waals surface area contributed by atoms with Crippen molar-refractivity contribution in [2.45, 2.75) is 19.9 Å². The van der Waals surface area contributed by atoms with E-state index in [1.54, 1.807) is 68.0 Å². The molecule has 2 unspecified atom stereocenters. The molecule has 0 fully saturated rings. The van der Waals surface area contributed by atoms with Gasteiger partial charge in [0.1, 0.15) is 16.7 Å². The monoisotopic (exact) mass is 549 g/mol. The molecule has 0 bridgehead atoms. The number of benzene rings is 2. The number of pyridine rings is 1. The lowest BCUT2D eigenvalue weighted by atomic mass is 10.0. The molecule has 11 heteroatoms. The molecule has 9 nitrogen and oxygen atoms in total. The highest BCUT2D eigenvalue weighted by Gasteiger charge is 2.31. The minimum absolute atomic E-state index is 0.297. The zero-order chi connectivity index (χ0) is 27.2. The van der Waals surface area contributed by atoms with Crippen LogP contribution in [0.25, 0.3) is 21.7 Å². The van der Waals surface area contributed by atoms with Crippen LogP contribution >= 0.6 is 11.3 Å². The van der Waals surface area contributed by atoms with E-state index in [-0.39, 0.29) is 11.8 Å². The zero-order valence-corrected chi connectivity index (χ0v) is 22.5. The van der Waals surface area contributed by atoms with Gasteiger partial charge in [-0.3, -0.25) is 18.3 Å². The second-order valence-electron chi connectivity index (χ2n) is 8.61. The number of aromatic nitrogens is 2. The lowest BCUT2D eigenvalue weighted by Gasteiger charge is -2.35. The molecule has 0 aliphatic carbocycles. The van der Waals surface area contributed by atoms with Crippen molar-refractivity contribution in [2.75, 3.05) is 16.7 Å². The molecular formula is C27H25N4O5S2-. The van der Waals surface area contributed by atoms with Gasteiger partial charge in [-0.1, -0.05) is 38.1 Å². The maximum atomic E-state index is 12.7. The molecular weight excluding hydrogens is 524 g/mol. The van der Waals surface area contributed by atoms with Crippen molar-refractivity contribution in [1.29, 1.82) is 0 Å². The summed E-state index contributed by atoms with van der Waals surface area (Å²) >= 11 is -1.29. The second kappa shape index (κ2) is 12.1. The van der Waals surface area contributed by atoms with Crippen molar-refractivity contribution in [1.82, 2.24) is 9.97 Å². The molecule has 0 saturated heterocycles. The van der Waals surface area contributed by atoms with Crippen LogP contribution in [0.2, 0.25) is 0 Å². The van der Waals surface area contributed by atoms with E-state index in [0.717, 1.165) is 26.0 Å². The van der Waals surface area contributed by atoms with E-state index in [2.05, 4.69) is 15.3 Å². The summed E-state index contributed by atoms with van der Waals surface area (Å²) < 4.78 is 29.8. The van der Waals surface area contributed by atoms with E-state index in [0.29, 0.717) is 17.1 Å². The Labute approximate surface area is 226 Å². The molecule has 0 spiro atoms. The Hall–Kier alpha value is -3.93. The quantitative estimate of drug-likeness (QED) is 0.232. The van der Waals surface area contributed by atoms with Crippen molar-refractivity contribution in [2.24, 2.45) is 5.92 Å². The number of thiazole rings is 1. The van der Waals surface area contributed by atoms with Crippen LogP contribution in [0.3, 0.4) is 0 Å². The zero-order valence-electron chi connectivity index (χ0n) is 20.9. The smallest absolute Gasteiger partial charge is 0.329 e. The highest BCUT2D eigenvalue weighted by molar-refractivity contribution is 7.80. The predicted octanol–water partition coefficient (Wildman–Crippen LogP) is 4.92. The van der Waals surface area contributed by atoms with Crippen molar-refractivity contribution in [3.8, 4) is 21.7 Å². The van der Waals surface area contributed by atoms with Gasteiger partial charge in [-0.05, 0) is 53.4 Å². The summed E-state index contributed by atoms with van der Waals surface area (Å²) in [6.07, 6.45) is 3.36. The molecule has 4 rings (SSSR count). The maximum Gasteiger partial charge on any atom is 0.329 e. The van der Waals surface area contributed by atoms with Crippen LogP contribution in [-0.2, 0) is 20.8 Å². The number of hydrogen-bond acceptors (Lipinski definition) is 8. The molecule has 0 radical (unpaired) electrons. The van der Waals surface area contributed by atoms with Crippen LogP contribution in [0.15, 0.2) is 78.4 Å². The normalized spacial score (nSPS) is 12.6. The van der Waals surface area contributed by atoms with Crippen LogP contribution in [0.1, 0.15) is 24.3 Å². The van der Waals surface area contributed by atoms with E-state index in [9.17, 15) is 18.4 Å². The summed E-state index contributed by atoms with van der Waals surface area (Å²) in [5.74, 6) is -1.24. The maximum absolute atomic E-state index is 12.7. The largest absolute Gasteiger partial charge is 0.755 e. The fraction of sp³-hybridized carbons (Fsp3) is 0.185. The first-order chi connectivity index (χ1) is 18.3. The molecule has 196 valence electrons. The minimum Gasteiger partial charge on any atom is -0.755 e. The Morgan fingerprint density at radius 1 is 0.974 bits per heavy atom. The Bertz CT molecular complexity index is 1420. The Morgan fingerprint density at radius 3 is 2.13 bits per heavy atom. The fourth-order valence-electron chi connectivity index (χ4n) is 3.85. The van der Waals surface area contributed by atoms with Crippen molar-refractivity contribution >= 4 is 45.9 Å². The number of hydrogen-bond donors (Lipinski definition) is 1. The van der Waals surface area contributed by atoms with E-state index in [4.69, 9.17) is 4.74 Å². The third-order valence-electron chi connectivity index (χ3n) is 5.75. The van der Waals surface area contributed by atoms with Crippen molar-refractivity contribution in [3.05, 3.63) is 84.1 Å². The number of carbonyl (C=O) groups excluding carboxylic acids is 2. The number of amides is 1. The van der Waals surface area contributed by atoms with Crippen LogP contribution < -0.4 is 9.62 Å². The molecule has 2 heterocycles. The molecule has 0 aliphatic heterocycles. The van der Waals surface area contributed by atoms with Gasteiger partial charge in [0, 0.05) is 46.0 Å². The number of carbonyl (C=O) groups is 2. The van der Waals surface area contributed by atoms with E-state index in [1.807, 2.05) is 24.3 Å². The molecule has 4 aromatic rings. The van der Waals surface area contributed by atoms with Crippen LogP contribution in [0.4, 0.5) is 11.4 Å². The Kier molecular flexibility index (Phi) is 8.62. The molecule has 2 aromatic carbocycles. The van der Waals surface area contributed by atoms with E-state index < -0.39 is 23.3 Å². The first-order valence-electron chi connectivity index (χ1n) is 11.6. The average Bonchev–Trinajstić information content (AvgIpc) is 3.43. The number of rotatable bonds is 9. The number of esters is 1. The summed E-state index contributed by atoms with van der Waals surface area (Å²) in [5.41, 5.74) is 3.89. The first kappa shape index (κ1) is 27.1. The molecule has 1 amide bonds. The summed E-state index contributed by atoms with van der Waals surface area (Å²) in [6.45, 7) is 3.51. The number of nitrogens with zero attached hydrogens (tertiary/aromatic N) is 3. The van der Waals surface area contributed by atoms with Crippen LogP contribution in [0, 0.1) is 5.92 Å². The molecule has 0 aliphatic rings. The van der Waals surface area contributed by atoms with Gasteiger partial charge in [-0.25, -0.2) is 9.78 Å². The lowest BCUT2D eigenvalue weighted by molar-refractivity contribution is -0.142. The number of nitrogens with one attached hydrogen (secondary N) is 1. The highest BCUT2D eigenvalue weighted by Crippen LogP contribution is 2.28. The van der Waals surface area contributed by atoms with Crippen LogP contribution in [0.5, 0.6) is 0 Å². The topological polar surface area (TPSA) is 125 Å². The van der Waals surface area contributed by atoms with Crippen molar-refractivity contribution in [3.63, 3.8) is 0 Å². The summed E-state index contributed by atoms with van der Waals surface area (Å²) in [5, 5.41) is 5.30. The van der Waals surface area contributed by atoms with Gasteiger partial charge < -0.3 is 14.6 Å². The third-order valence-corrected chi connectivity index (χ3v) is 7.40. The summed E-state index contributed by atoms with van der Waals surface area (Å²) in [4.78, 5) is 33.3. The van der Waals surface area contributed by atoms with Gasteiger partial charge in [-0.2, -0.15) is 0 Å². The number of anilines is 2. The second-order valence-corrected chi connectivity index (χ2v) is 10.3. The summed E-state index contributed by atoms with van der Waals surface area (Å²) in [6, 6.07) is 16.8. The predicted molar refractivity (Wildman–Crippen MR) is 147 cm³/mol. The van der Waals surface area contributed by atoms with E-state index >= 15 is 0 Å². The molecule has 1 N–H and O–H groups in total. The van der Waals surface area contributed by atoms with Crippen LogP contribution in [-0.4, -0.2) is 43.8 Å². The van der Waals surface area contributed by atoms with Crippen molar-refractivity contribution < 1.29 is 23.1 Å².